The smallest absolute Gasteiger partial charge is 0.422 e. The van der Waals surface area contributed by atoms with Gasteiger partial charge < -0.3 is 14.7 Å². The number of hydrogen-bond donors (Lipinski definition) is 2. The highest BCUT2D eigenvalue weighted by molar-refractivity contribution is 7.71. The molecule has 1 aromatic rings. The van der Waals surface area contributed by atoms with Crippen LogP contribution in [0, 0.1) is 4.77 Å². The fourth-order valence-electron chi connectivity index (χ4n) is 0.552. The highest BCUT2D eigenvalue weighted by Gasteiger charge is 2.28. The van der Waals surface area contributed by atoms with E-state index in [1.54, 1.807) is 0 Å². The number of H-pyrrole nitrogens is 2. The van der Waals surface area contributed by atoms with Crippen molar-refractivity contribution in [3.8, 4) is 5.88 Å². The zero-order valence-corrected chi connectivity index (χ0v) is 6.55. The number of ether oxygens (including phenoxy) is 1. The van der Waals surface area contributed by atoms with Crippen LogP contribution < -0.4 is 4.74 Å². The van der Waals surface area contributed by atoms with Crippen molar-refractivity contribution in [2.45, 2.75) is 6.18 Å². The Morgan fingerprint density at radius 3 is 2.58 bits per heavy atom. The van der Waals surface area contributed by atoms with Crippen LogP contribution in [0.1, 0.15) is 0 Å². The maximum Gasteiger partial charge on any atom is 0.422 e. The molecule has 0 aromatic carbocycles. The molecule has 0 bridgehead atoms. The van der Waals surface area contributed by atoms with Crippen molar-refractivity contribution >= 4 is 12.2 Å². The van der Waals surface area contributed by atoms with E-state index in [0.717, 1.165) is 0 Å². The molecule has 0 unspecified atom stereocenters. The molecule has 1 aromatic heterocycles. The summed E-state index contributed by atoms with van der Waals surface area (Å²) < 4.78 is 39.3. The number of nitrogens with one attached hydrogen (secondary N) is 2. The van der Waals surface area contributed by atoms with E-state index >= 15 is 0 Å². The van der Waals surface area contributed by atoms with Gasteiger partial charge in [-0.3, -0.25) is 0 Å². The predicted molar refractivity (Wildman–Crippen MR) is 37.5 cm³/mol. The van der Waals surface area contributed by atoms with Gasteiger partial charge in [-0.25, -0.2) is 0 Å². The van der Waals surface area contributed by atoms with Gasteiger partial charge in [0.25, 0.3) is 0 Å². The third kappa shape index (κ3) is 2.95. The van der Waals surface area contributed by atoms with E-state index in [1.165, 1.54) is 6.20 Å². The number of rotatable bonds is 2. The molecule has 3 nitrogen and oxygen atoms in total. The lowest BCUT2D eigenvalue weighted by Gasteiger charge is -2.05. The predicted octanol–water partition coefficient (Wildman–Crippen LogP) is 2.01. The molecule has 0 saturated heterocycles. The van der Waals surface area contributed by atoms with Gasteiger partial charge >= 0.3 is 6.18 Å². The number of imidazole rings is 1. The first-order valence-corrected chi connectivity index (χ1v) is 3.35. The number of aromatic nitrogens is 2. The van der Waals surface area contributed by atoms with Crippen molar-refractivity contribution in [2.75, 3.05) is 6.61 Å². The van der Waals surface area contributed by atoms with E-state index in [4.69, 9.17) is 0 Å². The Hall–Kier alpha value is -0.980. The van der Waals surface area contributed by atoms with Crippen molar-refractivity contribution in [2.24, 2.45) is 0 Å². The first-order chi connectivity index (χ1) is 5.47. The van der Waals surface area contributed by atoms with Crippen LogP contribution in [0.5, 0.6) is 5.88 Å². The zero-order valence-electron chi connectivity index (χ0n) is 5.73. The molecule has 2 N–H and O–H groups in total. The second-order valence-electron chi connectivity index (χ2n) is 2.01. The highest BCUT2D eigenvalue weighted by Crippen LogP contribution is 2.16. The summed E-state index contributed by atoms with van der Waals surface area (Å²) in [6.45, 7) is -1.32. The van der Waals surface area contributed by atoms with E-state index in [1.807, 2.05) is 0 Å². The fraction of sp³-hybridized carbons (Fsp3) is 0.400. The quantitative estimate of drug-likeness (QED) is 0.713. The van der Waals surface area contributed by atoms with Gasteiger partial charge in [-0.15, -0.1) is 0 Å². The van der Waals surface area contributed by atoms with Crippen LogP contribution in [0.3, 0.4) is 0 Å². The maximum atomic E-state index is 11.6. The summed E-state index contributed by atoms with van der Waals surface area (Å²) in [6, 6.07) is 0. The van der Waals surface area contributed by atoms with E-state index in [0.29, 0.717) is 0 Å². The average molecular weight is 198 g/mol. The summed E-state index contributed by atoms with van der Waals surface area (Å²) in [5, 5.41) is 0. The SMILES string of the molecule is FC(F)(F)COc1c[nH]c(=S)[nH]1. The summed E-state index contributed by atoms with van der Waals surface area (Å²) in [5.41, 5.74) is 0. The first kappa shape index (κ1) is 9.11. The maximum absolute atomic E-state index is 11.6. The van der Waals surface area contributed by atoms with Gasteiger partial charge in [0.15, 0.2) is 11.4 Å². The summed E-state index contributed by atoms with van der Waals surface area (Å²) in [7, 11) is 0. The van der Waals surface area contributed by atoms with Gasteiger partial charge in [0.1, 0.15) is 0 Å². The zero-order chi connectivity index (χ0) is 9.19. The molecule has 1 heterocycles. The van der Waals surface area contributed by atoms with Crippen molar-refractivity contribution in [1.29, 1.82) is 0 Å². The minimum Gasteiger partial charge on any atom is -0.468 e. The van der Waals surface area contributed by atoms with E-state index in [9.17, 15) is 13.2 Å². The molecular formula is C5H5F3N2OS. The Morgan fingerprint density at radius 1 is 1.50 bits per heavy atom. The van der Waals surface area contributed by atoms with Crippen molar-refractivity contribution < 1.29 is 17.9 Å². The molecule has 0 spiro atoms. The van der Waals surface area contributed by atoms with Gasteiger partial charge in [0.05, 0.1) is 6.20 Å². The standard InChI is InChI=1S/C5H5F3N2OS/c6-5(7,8)2-11-3-1-9-4(12)10-3/h1H,2H2,(H2,9,10,12). The van der Waals surface area contributed by atoms with Crippen LogP contribution in [0.2, 0.25) is 0 Å². The minimum atomic E-state index is -4.33. The van der Waals surface area contributed by atoms with E-state index < -0.39 is 12.8 Å². The lowest BCUT2D eigenvalue weighted by molar-refractivity contribution is -0.154. The van der Waals surface area contributed by atoms with Crippen LogP contribution in [0.4, 0.5) is 13.2 Å². The third-order valence-electron chi connectivity index (χ3n) is 0.962. The summed E-state index contributed by atoms with van der Waals surface area (Å²) >= 11 is 4.57. The Balaban J connectivity index is 2.49. The third-order valence-corrected chi connectivity index (χ3v) is 1.18. The van der Waals surface area contributed by atoms with Gasteiger partial charge in [0.2, 0.25) is 5.88 Å². The second kappa shape index (κ2) is 3.18. The first-order valence-electron chi connectivity index (χ1n) is 2.94. The summed E-state index contributed by atoms with van der Waals surface area (Å²) in [6.07, 6.45) is -3.10. The molecule has 0 aliphatic carbocycles. The van der Waals surface area contributed by atoms with Crippen LogP contribution in [-0.4, -0.2) is 22.8 Å². The molecule has 68 valence electrons. The Labute approximate surface area is 70.6 Å². The van der Waals surface area contributed by atoms with Crippen molar-refractivity contribution in [1.82, 2.24) is 9.97 Å². The number of alkyl halides is 3. The molecule has 7 heteroatoms. The second-order valence-corrected chi connectivity index (χ2v) is 2.42. The molecule has 1 rings (SSSR count). The fourth-order valence-corrected chi connectivity index (χ4v) is 0.712. The van der Waals surface area contributed by atoms with Crippen molar-refractivity contribution in [3.63, 3.8) is 0 Å². The minimum absolute atomic E-state index is 0.0164. The highest BCUT2D eigenvalue weighted by atomic mass is 32.1. The van der Waals surface area contributed by atoms with Gasteiger partial charge in [-0.2, -0.15) is 13.2 Å². The average Bonchev–Trinajstić information content (AvgIpc) is 2.30. The molecule has 0 radical (unpaired) electrons. The largest absolute Gasteiger partial charge is 0.468 e. The van der Waals surface area contributed by atoms with E-state index in [2.05, 4.69) is 26.9 Å². The van der Waals surface area contributed by atoms with Crippen LogP contribution in [0.25, 0.3) is 0 Å². The van der Waals surface area contributed by atoms with Gasteiger partial charge in [0, 0.05) is 0 Å². The van der Waals surface area contributed by atoms with Crippen molar-refractivity contribution in [3.05, 3.63) is 11.0 Å². The molecule has 0 amide bonds. The Bertz CT molecular complexity index is 302. The Kier molecular flexibility index (Phi) is 2.41. The monoisotopic (exact) mass is 198 g/mol. The molecular weight excluding hydrogens is 193 g/mol. The van der Waals surface area contributed by atoms with Crippen LogP contribution in [-0.2, 0) is 0 Å². The topological polar surface area (TPSA) is 40.8 Å². The van der Waals surface area contributed by atoms with Gasteiger partial charge in [-0.05, 0) is 12.2 Å². The number of aromatic amines is 2. The summed E-state index contributed by atoms with van der Waals surface area (Å²) in [5.74, 6) is -0.0164. The number of hydrogen-bond acceptors (Lipinski definition) is 2. The molecule has 0 aliphatic rings. The summed E-state index contributed by atoms with van der Waals surface area (Å²) in [4.78, 5) is 4.86. The number of halogens is 3. The van der Waals surface area contributed by atoms with Crippen LogP contribution >= 0.6 is 12.2 Å². The molecule has 0 fully saturated rings. The molecule has 12 heavy (non-hydrogen) atoms. The molecule has 0 saturated carbocycles. The van der Waals surface area contributed by atoms with Crippen LogP contribution in [0.15, 0.2) is 6.20 Å². The van der Waals surface area contributed by atoms with Gasteiger partial charge in [-0.1, -0.05) is 0 Å². The van der Waals surface area contributed by atoms with E-state index in [-0.39, 0.29) is 10.7 Å². The molecule has 0 atom stereocenters. The molecule has 0 aliphatic heterocycles. The lowest BCUT2D eigenvalue weighted by Crippen LogP contribution is -2.19. The lowest BCUT2D eigenvalue weighted by atomic mass is 10.7. The normalized spacial score (nSPS) is 11.6. The Morgan fingerprint density at radius 2 is 2.17 bits per heavy atom.